The second kappa shape index (κ2) is 6.27. The summed E-state index contributed by atoms with van der Waals surface area (Å²) in [5, 5.41) is -0.291. The van der Waals surface area contributed by atoms with E-state index in [1.54, 1.807) is 19.2 Å². The van der Waals surface area contributed by atoms with Crippen LogP contribution in [0.4, 0.5) is 4.39 Å². The summed E-state index contributed by atoms with van der Waals surface area (Å²) in [6.45, 7) is 0. The van der Waals surface area contributed by atoms with Crippen LogP contribution in [0.25, 0.3) is 0 Å². The summed E-state index contributed by atoms with van der Waals surface area (Å²) >= 11 is 12.3. The summed E-state index contributed by atoms with van der Waals surface area (Å²) in [4.78, 5) is 0. The smallest absolute Gasteiger partial charge is 0.142 e. The van der Waals surface area contributed by atoms with Gasteiger partial charge in [0.2, 0.25) is 0 Å². The van der Waals surface area contributed by atoms with Crippen molar-refractivity contribution >= 4 is 23.2 Å². The summed E-state index contributed by atoms with van der Waals surface area (Å²) in [5.74, 6) is 0.321. The van der Waals surface area contributed by atoms with Crippen molar-refractivity contribution in [2.24, 2.45) is 0 Å². The molecule has 0 N–H and O–H groups in total. The number of benzene rings is 2. The third-order valence-corrected chi connectivity index (χ3v) is 3.66. The molecule has 2 rings (SSSR count). The van der Waals surface area contributed by atoms with Gasteiger partial charge in [0, 0.05) is 0 Å². The molecule has 0 bridgehead atoms. The van der Waals surface area contributed by atoms with Crippen LogP contribution in [0.5, 0.6) is 5.75 Å². The molecule has 0 aliphatic rings. The zero-order valence-corrected chi connectivity index (χ0v) is 11.9. The topological polar surface area (TPSA) is 9.23 Å². The van der Waals surface area contributed by atoms with E-state index in [1.165, 1.54) is 6.07 Å². The number of hydrogen-bond donors (Lipinski definition) is 0. The van der Waals surface area contributed by atoms with Gasteiger partial charge in [-0.2, -0.15) is 0 Å². The molecule has 0 heterocycles. The largest absolute Gasteiger partial charge is 0.497 e. The molecule has 0 aromatic heterocycles. The average Bonchev–Trinajstić information content (AvgIpc) is 2.42. The summed E-state index contributed by atoms with van der Waals surface area (Å²) in [6, 6.07) is 12.3. The van der Waals surface area contributed by atoms with E-state index in [2.05, 4.69) is 0 Å². The zero-order chi connectivity index (χ0) is 13.8. The van der Waals surface area contributed by atoms with Crippen LogP contribution < -0.4 is 4.74 Å². The van der Waals surface area contributed by atoms with Gasteiger partial charge in [0.15, 0.2) is 0 Å². The highest BCUT2D eigenvalue weighted by Crippen LogP contribution is 2.32. The quantitative estimate of drug-likeness (QED) is 0.721. The fraction of sp³-hybridized carbons (Fsp3) is 0.200. The van der Waals surface area contributed by atoms with Gasteiger partial charge in [-0.1, -0.05) is 35.9 Å². The molecule has 1 nitrogen and oxygen atoms in total. The highest BCUT2D eigenvalue weighted by Gasteiger charge is 2.15. The molecule has 2 aromatic rings. The zero-order valence-electron chi connectivity index (χ0n) is 10.4. The summed E-state index contributed by atoms with van der Waals surface area (Å²) in [5.41, 5.74) is 1.62. The average molecular weight is 299 g/mol. The summed E-state index contributed by atoms with van der Waals surface area (Å²) in [7, 11) is 1.61. The molecule has 0 saturated carbocycles. The molecule has 0 fully saturated rings. The van der Waals surface area contributed by atoms with Gasteiger partial charge in [-0.15, -0.1) is 11.6 Å². The van der Waals surface area contributed by atoms with Gasteiger partial charge in [-0.05, 0) is 35.7 Å². The Morgan fingerprint density at radius 2 is 1.95 bits per heavy atom. The summed E-state index contributed by atoms with van der Waals surface area (Å²) in [6.07, 6.45) is 0.557. The van der Waals surface area contributed by atoms with Crippen LogP contribution in [0.1, 0.15) is 16.5 Å². The lowest BCUT2D eigenvalue weighted by atomic mass is 10.0. The number of ether oxygens (including phenoxy) is 1. The molecule has 1 unspecified atom stereocenters. The first kappa shape index (κ1) is 14.2. The highest BCUT2D eigenvalue weighted by atomic mass is 35.5. The Hall–Kier alpha value is -1.25. The first-order valence-corrected chi connectivity index (χ1v) is 6.64. The van der Waals surface area contributed by atoms with Crippen LogP contribution in [0.2, 0.25) is 5.02 Å². The fourth-order valence-electron chi connectivity index (χ4n) is 1.88. The molecule has 2 aromatic carbocycles. The summed E-state index contributed by atoms with van der Waals surface area (Å²) < 4.78 is 18.5. The molecule has 0 aliphatic carbocycles. The number of alkyl halides is 1. The molecule has 0 saturated heterocycles. The minimum Gasteiger partial charge on any atom is -0.497 e. The molecular weight excluding hydrogens is 286 g/mol. The van der Waals surface area contributed by atoms with Crippen molar-refractivity contribution in [2.45, 2.75) is 11.8 Å². The van der Waals surface area contributed by atoms with Crippen molar-refractivity contribution in [3.63, 3.8) is 0 Å². The number of halogens is 3. The van der Waals surface area contributed by atoms with E-state index in [1.807, 2.05) is 24.3 Å². The van der Waals surface area contributed by atoms with Crippen molar-refractivity contribution in [3.8, 4) is 5.75 Å². The minimum atomic E-state index is -0.449. The Labute approximate surface area is 121 Å². The first-order chi connectivity index (χ1) is 9.11. The van der Waals surface area contributed by atoms with Crippen LogP contribution in [-0.2, 0) is 6.42 Å². The predicted molar refractivity (Wildman–Crippen MR) is 76.7 cm³/mol. The second-order valence-electron chi connectivity index (χ2n) is 4.17. The molecule has 1 atom stereocenters. The van der Waals surface area contributed by atoms with Crippen LogP contribution in [0, 0.1) is 5.82 Å². The monoisotopic (exact) mass is 298 g/mol. The molecular formula is C15H13Cl2FO. The molecule has 0 spiro atoms. The highest BCUT2D eigenvalue weighted by molar-refractivity contribution is 6.33. The van der Waals surface area contributed by atoms with Gasteiger partial charge in [0.05, 0.1) is 17.5 Å². The van der Waals surface area contributed by atoms with Crippen molar-refractivity contribution in [3.05, 3.63) is 64.4 Å². The number of hydrogen-bond acceptors (Lipinski definition) is 1. The van der Waals surface area contributed by atoms with Gasteiger partial charge in [-0.25, -0.2) is 4.39 Å². The standard InChI is InChI=1S/C15H13Cl2FO/c1-19-11-5-2-4-10(8-11)9-13(16)12-6-3-7-14(18)15(12)17/h2-8,13H,9H2,1H3. The Balaban J connectivity index is 2.20. The van der Waals surface area contributed by atoms with E-state index in [-0.39, 0.29) is 10.4 Å². The Morgan fingerprint density at radius 3 is 2.68 bits per heavy atom. The van der Waals surface area contributed by atoms with Crippen LogP contribution in [0.3, 0.4) is 0 Å². The lowest BCUT2D eigenvalue weighted by Gasteiger charge is -2.12. The van der Waals surface area contributed by atoms with Crippen molar-refractivity contribution in [1.29, 1.82) is 0 Å². The van der Waals surface area contributed by atoms with E-state index in [0.29, 0.717) is 12.0 Å². The van der Waals surface area contributed by atoms with E-state index < -0.39 is 5.82 Å². The van der Waals surface area contributed by atoms with Gasteiger partial charge in [0.1, 0.15) is 11.6 Å². The SMILES string of the molecule is COc1cccc(CC(Cl)c2cccc(F)c2Cl)c1. The Bertz CT molecular complexity index is 572. The van der Waals surface area contributed by atoms with Crippen molar-refractivity contribution < 1.29 is 9.13 Å². The van der Waals surface area contributed by atoms with E-state index in [4.69, 9.17) is 27.9 Å². The van der Waals surface area contributed by atoms with Crippen LogP contribution >= 0.6 is 23.2 Å². The normalized spacial score (nSPS) is 12.2. The third-order valence-electron chi connectivity index (χ3n) is 2.87. The second-order valence-corrected chi connectivity index (χ2v) is 5.07. The first-order valence-electron chi connectivity index (χ1n) is 5.82. The van der Waals surface area contributed by atoms with E-state index in [0.717, 1.165) is 11.3 Å². The van der Waals surface area contributed by atoms with Crippen molar-refractivity contribution in [2.75, 3.05) is 7.11 Å². The molecule has 19 heavy (non-hydrogen) atoms. The van der Waals surface area contributed by atoms with E-state index in [9.17, 15) is 4.39 Å². The molecule has 0 aliphatic heterocycles. The molecule has 0 radical (unpaired) electrons. The van der Waals surface area contributed by atoms with Crippen LogP contribution in [-0.4, -0.2) is 7.11 Å². The lowest BCUT2D eigenvalue weighted by molar-refractivity contribution is 0.414. The maximum Gasteiger partial charge on any atom is 0.142 e. The van der Waals surface area contributed by atoms with Gasteiger partial charge < -0.3 is 4.74 Å². The van der Waals surface area contributed by atoms with Gasteiger partial charge in [0.25, 0.3) is 0 Å². The minimum absolute atomic E-state index is 0.0883. The maximum atomic E-state index is 13.4. The fourth-order valence-corrected chi connectivity index (χ4v) is 2.55. The van der Waals surface area contributed by atoms with Crippen LogP contribution in [0.15, 0.2) is 42.5 Å². The van der Waals surface area contributed by atoms with E-state index >= 15 is 0 Å². The molecule has 0 amide bonds. The Kier molecular flexibility index (Phi) is 4.67. The lowest BCUT2D eigenvalue weighted by Crippen LogP contribution is -1.98. The maximum absolute atomic E-state index is 13.4. The molecule has 4 heteroatoms. The van der Waals surface area contributed by atoms with Crippen molar-refractivity contribution in [1.82, 2.24) is 0 Å². The third kappa shape index (κ3) is 3.40. The van der Waals surface area contributed by atoms with Gasteiger partial charge in [-0.3, -0.25) is 0 Å². The predicted octanol–water partition coefficient (Wildman–Crippen LogP) is 5.01. The number of methoxy groups -OCH3 is 1. The molecule has 100 valence electrons. The number of rotatable bonds is 4. The Morgan fingerprint density at radius 1 is 1.21 bits per heavy atom. The van der Waals surface area contributed by atoms with Gasteiger partial charge >= 0.3 is 0 Å².